The zero-order valence-corrected chi connectivity index (χ0v) is 12.5. The van der Waals surface area contributed by atoms with Crippen LogP contribution in [0, 0.1) is 13.8 Å². The summed E-state index contributed by atoms with van der Waals surface area (Å²) in [5, 5.41) is 7.66. The largest absolute Gasteiger partial charge is 0.361 e. The zero-order chi connectivity index (χ0) is 13.5. The van der Waals surface area contributed by atoms with Gasteiger partial charge in [0.2, 0.25) is 0 Å². The third kappa shape index (κ3) is 4.45. The van der Waals surface area contributed by atoms with Crippen molar-refractivity contribution in [3.05, 3.63) is 17.0 Å². The third-order valence-electron chi connectivity index (χ3n) is 3.55. The second kappa shape index (κ2) is 7.57. The molecule has 0 saturated carbocycles. The van der Waals surface area contributed by atoms with E-state index < -0.39 is 0 Å². The molecule has 0 aliphatic heterocycles. The summed E-state index contributed by atoms with van der Waals surface area (Å²) in [7, 11) is 0. The number of hydrogen-bond acceptors (Lipinski definition) is 3. The molecule has 0 aliphatic carbocycles. The van der Waals surface area contributed by atoms with Gasteiger partial charge in [0, 0.05) is 17.6 Å². The molecule has 0 aromatic carbocycles. The van der Waals surface area contributed by atoms with Gasteiger partial charge in [-0.15, -0.1) is 0 Å². The molecule has 1 aromatic rings. The lowest BCUT2D eigenvalue weighted by atomic mass is 10.0. The Morgan fingerprint density at radius 3 is 2.44 bits per heavy atom. The van der Waals surface area contributed by atoms with Crippen LogP contribution in [0.5, 0.6) is 0 Å². The average Bonchev–Trinajstić information content (AvgIpc) is 2.64. The number of unbranched alkanes of at least 4 members (excludes halogenated alkanes) is 3. The molecule has 1 rings (SSSR count). The highest BCUT2D eigenvalue weighted by Gasteiger charge is 2.17. The summed E-state index contributed by atoms with van der Waals surface area (Å²) in [5.74, 6) is 0.936. The summed E-state index contributed by atoms with van der Waals surface area (Å²) in [6.07, 6.45) is 6.57. The van der Waals surface area contributed by atoms with E-state index in [0.29, 0.717) is 12.1 Å². The fourth-order valence-corrected chi connectivity index (χ4v) is 2.58. The highest BCUT2D eigenvalue weighted by molar-refractivity contribution is 5.24. The van der Waals surface area contributed by atoms with Crippen molar-refractivity contribution in [2.24, 2.45) is 0 Å². The lowest BCUT2D eigenvalue weighted by Gasteiger charge is -2.20. The molecule has 1 aromatic heterocycles. The van der Waals surface area contributed by atoms with Crippen molar-refractivity contribution in [1.82, 2.24) is 10.5 Å². The summed E-state index contributed by atoms with van der Waals surface area (Å²) in [5.41, 5.74) is 2.22. The van der Waals surface area contributed by atoms with Crippen LogP contribution < -0.4 is 5.32 Å². The van der Waals surface area contributed by atoms with Crippen molar-refractivity contribution in [1.29, 1.82) is 0 Å². The molecule has 1 heterocycles. The first-order chi connectivity index (χ1) is 8.56. The Bertz CT molecular complexity index is 327. The number of rotatable bonds is 8. The Kier molecular flexibility index (Phi) is 6.41. The maximum absolute atomic E-state index is 5.22. The van der Waals surface area contributed by atoms with Gasteiger partial charge in [-0.3, -0.25) is 0 Å². The molecule has 0 fully saturated rings. The van der Waals surface area contributed by atoms with Gasteiger partial charge in [0.1, 0.15) is 5.76 Å². The van der Waals surface area contributed by atoms with E-state index in [-0.39, 0.29) is 0 Å². The maximum Gasteiger partial charge on any atom is 0.138 e. The fourth-order valence-electron chi connectivity index (χ4n) is 2.58. The minimum Gasteiger partial charge on any atom is -0.361 e. The third-order valence-corrected chi connectivity index (χ3v) is 3.55. The molecular weight excluding hydrogens is 224 g/mol. The van der Waals surface area contributed by atoms with Crippen LogP contribution in [0.4, 0.5) is 0 Å². The van der Waals surface area contributed by atoms with Crippen LogP contribution in [-0.4, -0.2) is 11.2 Å². The van der Waals surface area contributed by atoms with Gasteiger partial charge in [-0.2, -0.15) is 0 Å². The molecule has 2 unspecified atom stereocenters. The second-order valence-electron chi connectivity index (χ2n) is 5.38. The number of aryl methyl sites for hydroxylation is 2. The van der Waals surface area contributed by atoms with E-state index in [4.69, 9.17) is 4.52 Å². The first-order valence-corrected chi connectivity index (χ1v) is 7.25. The van der Waals surface area contributed by atoms with Crippen LogP contribution in [0.15, 0.2) is 4.52 Å². The fraction of sp³-hybridized carbons (Fsp3) is 0.800. The monoisotopic (exact) mass is 252 g/mol. The van der Waals surface area contributed by atoms with E-state index in [1.165, 1.54) is 37.7 Å². The zero-order valence-electron chi connectivity index (χ0n) is 12.5. The van der Waals surface area contributed by atoms with Crippen LogP contribution in [0.1, 0.15) is 75.9 Å². The van der Waals surface area contributed by atoms with Gasteiger partial charge < -0.3 is 9.84 Å². The smallest absolute Gasteiger partial charge is 0.138 e. The van der Waals surface area contributed by atoms with Crippen molar-refractivity contribution in [3.8, 4) is 0 Å². The van der Waals surface area contributed by atoms with E-state index in [1.807, 2.05) is 13.8 Å². The van der Waals surface area contributed by atoms with Crippen molar-refractivity contribution >= 4 is 0 Å². The topological polar surface area (TPSA) is 38.1 Å². The summed E-state index contributed by atoms with van der Waals surface area (Å²) in [6.45, 7) is 10.7. The summed E-state index contributed by atoms with van der Waals surface area (Å²) in [6, 6.07) is 0.864. The van der Waals surface area contributed by atoms with Crippen molar-refractivity contribution < 1.29 is 4.52 Å². The van der Waals surface area contributed by atoms with Gasteiger partial charge in [-0.05, 0) is 34.1 Å². The number of hydrogen-bond donors (Lipinski definition) is 1. The Labute approximate surface area is 111 Å². The quantitative estimate of drug-likeness (QED) is 0.701. The van der Waals surface area contributed by atoms with Gasteiger partial charge in [-0.25, -0.2) is 0 Å². The molecule has 0 amide bonds. The summed E-state index contributed by atoms with van der Waals surface area (Å²) in [4.78, 5) is 0. The molecule has 0 aliphatic rings. The molecule has 0 bridgehead atoms. The maximum atomic E-state index is 5.22. The minimum absolute atomic E-state index is 0.317. The molecular formula is C15H28N2O. The van der Waals surface area contributed by atoms with Crippen molar-refractivity contribution in [2.75, 3.05) is 0 Å². The number of nitrogens with one attached hydrogen (secondary N) is 1. The molecule has 1 N–H and O–H groups in total. The Morgan fingerprint density at radius 2 is 1.89 bits per heavy atom. The van der Waals surface area contributed by atoms with Crippen LogP contribution in [0.2, 0.25) is 0 Å². The Hall–Kier alpha value is -0.830. The van der Waals surface area contributed by atoms with Crippen LogP contribution in [0.25, 0.3) is 0 Å². The highest BCUT2D eigenvalue weighted by atomic mass is 16.5. The molecule has 18 heavy (non-hydrogen) atoms. The van der Waals surface area contributed by atoms with E-state index >= 15 is 0 Å². The SMILES string of the molecule is CCCCCCC(C)NC(C)c1c(C)noc1C. The van der Waals surface area contributed by atoms with E-state index in [9.17, 15) is 0 Å². The normalized spacial score (nSPS) is 14.7. The van der Waals surface area contributed by atoms with Crippen molar-refractivity contribution in [3.63, 3.8) is 0 Å². The van der Waals surface area contributed by atoms with Crippen molar-refractivity contribution in [2.45, 2.75) is 78.8 Å². The summed E-state index contributed by atoms with van der Waals surface area (Å²) >= 11 is 0. The van der Waals surface area contributed by atoms with E-state index in [0.717, 1.165) is 11.5 Å². The molecule has 0 spiro atoms. The number of nitrogens with zero attached hydrogens (tertiary/aromatic N) is 1. The molecule has 2 atom stereocenters. The van der Waals surface area contributed by atoms with Crippen LogP contribution in [-0.2, 0) is 0 Å². The standard InChI is InChI=1S/C15H28N2O/c1-6-7-8-9-10-11(2)16-12(3)15-13(4)17-18-14(15)5/h11-12,16H,6-10H2,1-5H3. The lowest BCUT2D eigenvalue weighted by Crippen LogP contribution is -2.29. The van der Waals surface area contributed by atoms with Gasteiger partial charge in [-0.1, -0.05) is 37.8 Å². The Morgan fingerprint density at radius 1 is 1.17 bits per heavy atom. The summed E-state index contributed by atoms with van der Waals surface area (Å²) < 4.78 is 5.22. The predicted octanol–water partition coefficient (Wildman–Crippen LogP) is 4.30. The van der Waals surface area contributed by atoms with E-state index in [2.05, 4.69) is 31.2 Å². The molecule has 0 radical (unpaired) electrons. The second-order valence-corrected chi connectivity index (χ2v) is 5.38. The molecule has 3 heteroatoms. The molecule has 104 valence electrons. The first kappa shape index (κ1) is 15.2. The molecule has 0 saturated heterocycles. The Balaban J connectivity index is 2.37. The highest BCUT2D eigenvalue weighted by Crippen LogP contribution is 2.21. The molecule has 3 nitrogen and oxygen atoms in total. The van der Waals surface area contributed by atoms with Gasteiger partial charge >= 0.3 is 0 Å². The predicted molar refractivity (Wildman–Crippen MR) is 75.7 cm³/mol. The van der Waals surface area contributed by atoms with Gasteiger partial charge in [0.05, 0.1) is 5.69 Å². The minimum atomic E-state index is 0.317. The van der Waals surface area contributed by atoms with Gasteiger partial charge in [0.25, 0.3) is 0 Å². The average molecular weight is 252 g/mol. The van der Waals surface area contributed by atoms with Gasteiger partial charge in [0.15, 0.2) is 0 Å². The number of aromatic nitrogens is 1. The lowest BCUT2D eigenvalue weighted by molar-refractivity contribution is 0.387. The van der Waals surface area contributed by atoms with E-state index in [1.54, 1.807) is 0 Å². The van der Waals surface area contributed by atoms with Crippen LogP contribution >= 0.6 is 0 Å². The van der Waals surface area contributed by atoms with Crippen LogP contribution in [0.3, 0.4) is 0 Å². The first-order valence-electron chi connectivity index (χ1n) is 7.25.